The van der Waals surface area contributed by atoms with Crippen molar-refractivity contribution in [3.8, 4) is 5.75 Å². The molecule has 5 aromatic rings. The van der Waals surface area contributed by atoms with E-state index in [1.165, 1.54) is 12.1 Å². The molecule has 0 radical (unpaired) electrons. The highest BCUT2D eigenvalue weighted by atomic mass is 16.4. The van der Waals surface area contributed by atoms with Gasteiger partial charge in [-0.05, 0) is 71.5 Å². The highest BCUT2D eigenvalue weighted by Crippen LogP contribution is 2.33. The number of fused-ring (bicyclic) bond motifs is 1. The molecular formula is C41H40N4O8. The lowest BCUT2D eigenvalue weighted by molar-refractivity contribution is -0.155. The maximum atomic E-state index is 13.3. The number of nitrogens with zero attached hydrogens (tertiary/aromatic N) is 1. The molecule has 0 saturated carbocycles. The number of hydrogen-bond donors (Lipinski definition) is 7. The quantitative estimate of drug-likeness (QED) is 0.101. The number of aliphatic hydroxyl groups is 2. The van der Waals surface area contributed by atoms with Crippen LogP contribution in [0.2, 0.25) is 0 Å². The summed E-state index contributed by atoms with van der Waals surface area (Å²) in [6.45, 7) is 2.94. The zero-order chi connectivity index (χ0) is 37.7. The number of phenols is 1. The van der Waals surface area contributed by atoms with E-state index in [-0.39, 0.29) is 40.4 Å². The fraction of sp³-hybridized carbons (Fsp3) is 0.220. The molecule has 6 rings (SSSR count). The number of H-pyrrole nitrogens is 1. The van der Waals surface area contributed by atoms with Crippen LogP contribution in [-0.2, 0) is 21.7 Å². The zero-order valence-corrected chi connectivity index (χ0v) is 29.0. The highest BCUT2D eigenvalue weighted by Gasteiger charge is 2.40. The van der Waals surface area contributed by atoms with Gasteiger partial charge in [-0.1, -0.05) is 72.8 Å². The number of pyridine rings is 1. The number of phenolic OH excluding ortho intramolecular Hbond substituents is 1. The maximum absolute atomic E-state index is 13.3. The Kier molecular flexibility index (Phi) is 10.8. The topological polar surface area (TPSA) is 192 Å². The summed E-state index contributed by atoms with van der Waals surface area (Å²) in [4.78, 5) is 54.5. The molecular weight excluding hydrogens is 676 g/mol. The van der Waals surface area contributed by atoms with Crippen LogP contribution in [0.25, 0.3) is 16.5 Å². The maximum Gasteiger partial charge on any atom is 0.345 e. The van der Waals surface area contributed by atoms with Crippen LogP contribution in [-0.4, -0.2) is 73.8 Å². The minimum absolute atomic E-state index is 0.0819. The van der Waals surface area contributed by atoms with E-state index in [9.17, 15) is 39.6 Å². The predicted octanol–water partition coefficient (Wildman–Crippen LogP) is 3.81. The molecule has 3 atom stereocenters. The summed E-state index contributed by atoms with van der Waals surface area (Å²) >= 11 is 0. The third-order valence-electron chi connectivity index (χ3n) is 9.54. The molecule has 2 heterocycles. The first-order valence-corrected chi connectivity index (χ1v) is 17.2. The van der Waals surface area contributed by atoms with Gasteiger partial charge in [0, 0.05) is 48.8 Å². The van der Waals surface area contributed by atoms with Crippen LogP contribution in [0, 0.1) is 0 Å². The Morgan fingerprint density at radius 3 is 2.36 bits per heavy atom. The summed E-state index contributed by atoms with van der Waals surface area (Å²) in [6.07, 6.45) is 1.50. The van der Waals surface area contributed by atoms with Crippen molar-refractivity contribution >= 4 is 34.3 Å². The Morgan fingerprint density at radius 1 is 0.925 bits per heavy atom. The van der Waals surface area contributed by atoms with Gasteiger partial charge >= 0.3 is 5.97 Å². The Bertz CT molecular complexity index is 2240. The average molecular weight is 717 g/mol. The van der Waals surface area contributed by atoms with Gasteiger partial charge < -0.3 is 40.9 Å². The van der Waals surface area contributed by atoms with E-state index in [4.69, 9.17) is 0 Å². The van der Waals surface area contributed by atoms with Gasteiger partial charge in [0.25, 0.3) is 5.91 Å². The summed E-state index contributed by atoms with van der Waals surface area (Å²) in [5, 5.41) is 48.7. The Labute approximate surface area is 305 Å². The van der Waals surface area contributed by atoms with Gasteiger partial charge in [0.15, 0.2) is 0 Å². The molecule has 2 amide bonds. The molecule has 0 bridgehead atoms. The lowest BCUT2D eigenvalue weighted by atomic mass is 9.84. The number of aromatic nitrogens is 1. The molecule has 0 aliphatic carbocycles. The van der Waals surface area contributed by atoms with Gasteiger partial charge in [0.1, 0.15) is 11.8 Å². The Hall–Kier alpha value is -6.08. The van der Waals surface area contributed by atoms with E-state index in [0.717, 1.165) is 16.7 Å². The van der Waals surface area contributed by atoms with E-state index in [1.54, 1.807) is 96.8 Å². The molecule has 0 spiro atoms. The average Bonchev–Trinajstić information content (AvgIpc) is 3.18. The number of aromatic hydroxyl groups is 1. The molecule has 1 aromatic heterocycles. The molecule has 7 N–H and O–H groups in total. The van der Waals surface area contributed by atoms with Gasteiger partial charge in [-0.3, -0.25) is 14.4 Å². The van der Waals surface area contributed by atoms with Crippen LogP contribution in [0.5, 0.6) is 5.75 Å². The number of carboxylic acids is 1. The number of carboxylic acid groups (broad SMARTS) is 1. The number of rotatable bonds is 12. The number of carbonyl (C=O) groups excluding carboxylic acids is 2. The molecule has 12 nitrogen and oxygen atoms in total. The van der Waals surface area contributed by atoms with Gasteiger partial charge in [-0.2, -0.15) is 0 Å². The Balaban J connectivity index is 1.01. The van der Waals surface area contributed by atoms with Crippen molar-refractivity contribution in [1.29, 1.82) is 0 Å². The minimum atomic E-state index is -2.22. The Morgan fingerprint density at radius 2 is 1.66 bits per heavy atom. The standard InChI is InChI=1S/C41H40N4O8/c1-25(39(50)45-20-18-27(19-21-45)29-6-5-9-31(22-29)41(53,40(51)52)30-7-3-2-4-8-30)43-38(49)28-12-10-26(11-13-28)23-42-24-35(47)32-14-16-34(46)37-33(32)15-17-36(48)44-37/h2-18,22,25,35,42,46-47,53H,19-21,23-24H2,1H3,(H,43,49)(H,44,48)(H,51,52). The second-order valence-electron chi connectivity index (χ2n) is 13.0. The number of benzene rings is 4. The van der Waals surface area contributed by atoms with Crippen LogP contribution in [0.3, 0.4) is 0 Å². The highest BCUT2D eigenvalue weighted by molar-refractivity contribution is 5.97. The van der Waals surface area contributed by atoms with E-state index >= 15 is 0 Å². The molecule has 0 saturated heterocycles. The van der Waals surface area contributed by atoms with E-state index in [1.807, 2.05) is 12.1 Å². The molecule has 0 fully saturated rings. The molecule has 3 unspecified atom stereocenters. The number of hydrogen-bond acceptors (Lipinski definition) is 8. The SMILES string of the molecule is CC(NC(=O)c1ccc(CNCC(O)c2ccc(O)c3[nH]c(=O)ccc23)cc1)C(=O)N1CC=C(c2cccc(C(O)(C(=O)O)c3ccccc3)c2)CC1. The van der Waals surface area contributed by atoms with Crippen LogP contribution in [0.15, 0.2) is 114 Å². The van der Waals surface area contributed by atoms with E-state index in [0.29, 0.717) is 42.6 Å². The number of carbonyl (C=O) groups is 3. The monoisotopic (exact) mass is 716 g/mol. The molecule has 53 heavy (non-hydrogen) atoms. The van der Waals surface area contributed by atoms with Crippen molar-refractivity contribution in [2.75, 3.05) is 19.6 Å². The van der Waals surface area contributed by atoms with E-state index in [2.05, 4.69) is 15.6 Å². The number of nitrogens with one attached hydrogen (secondary N) is 3. The molecule has 12 heteroatoms. The smallest absolute Gasteiger partial charge is 0.345 e. The lowest BCUT2D eigenvalue weighted by Crippen LogP contribution is -2.48. The first-order chi connectivity index (χ1) is 25.4. The normalized spacial score (nSPS) is 15.2. The van der Waals surface area contributed by atoms with Crippen LogP contribution in [0.4, 0.5) is 0 Å². The summed E-state index contributed by atoms with van der Waals surface area (Å²) in [5.41, 5.74) is 1.64. The summed E-state index contributed by atoms with van der Waals surface area (Å²) < 4.78 is 0. The molecule has 4 aromatic carbocycles. The van der Waals surface area contributed by atoms with Gasteiger partial charge in [0.05, 0.1) is 11.6 Å². The first-order valence-electron chi connectivity index (χ1n) is 17.2. The molecule has 1 aliphatic heterocycles. The number of aliphatic carboxylic acids is 1. The van der Waals surface area contributed by atoms with Crippen LogP contribution < -0.4 is 16.2 Å². The van der Waals surface area contributed by atoms with Crippen molar-refractivity contribution in [2.24, 2.45) is 0 Å². The van der Waals surface area contributed by atoms with Crippen LogP contribution in [0.1, 0.15) is 57.6 Å². The van der Waals surface area contributed by atoms with Gasteiger partial charge in [-0.15, -0.1) is 0 Å². The molecule has 272 valence electrons. The van der Waals surface area contributed by atoms with E-state index < -0.39 is 29.6 Å². The first kappa shape index (κ1) is 36.7. The van der Waals surface area contributed by atoms with Crippen molar-refractivity contribution in [2.45, 2.75) is 37.6 Å². The third kappa shape index (κ3) is 7.90. The minimum Gasteiger partial charge on any atom is -0.506 e. The number of aliphatic hydroxyl groups excluding tert-OH is 1. The lowest BCUT2D eigenvalue weighted by Gasteiger charge is -2.30. The third-order valence-corrected chi connectivity index (χ3v) is 9.54. The van der Waals surface area contributed by atoms with Crippen molar-refractivity contribution in [1.82, 2.24) is 20.5 Å². The van der Waals surface area contributed by atoms with Crippen LogP contribution >= 0.6 is 0 Å². The summed E-state index contributed by atoms with van der Waals surface area (Å²) in [7, 11) is 0. The summed E-state index contributed by atoms with van der Waals surface area (Å²) in [5.74, 6) is -2.10. The van der Waals surface area contributed by atoms with Crippen molar-refractivity contribution in [3.05, 3.63) is 153 Å². The largest absolute Gasteiger partial charge is 0.506 e. The second kappa shape index (κ2) is 15.7. The van der Waals surface area contributed by atoms with Crippen molar-refractivity contribution < 1.29 is 34.8 Å². The second-order valence-corrected chi connectivity index (χ2v) is 13.0. The van der Waals surface area contributed by atoms with Gasteiger partial charge in [-0.25, -0.2) is 4.79 Å². The zero-order valence-electron chi connectivity index (χ0n) is 29.0. The number of aromatic amines is 1. The predicted molar refractivity (Wildman–Crippen MR) is 199 cm³/mol. The summed E-state index contributed by atoms with van der Waals surface area (Å²) in [6, 6.07) is 27.1. The fourth-order valence-corrected chi connectivity index (χ4v) is 6.57. The number of amides is 2. The van der Waals surface area contributed by atoms with Gasteiger partial charge in [0.2, 0.25) is 17.1 Å². The molecule has 1 aliphatic rings. The van der Waals surface area contributed by atoms with Crippen molar-refractivity contribution in [3.63, 3.8) is 0 Å². The fourth-order valence-electron chi connectivity index (χ4n) is 6.57.